The van der Waals surface area contributed by atoms with E-state index in [0.29, 0.717) is 36.4 Å². The van der Waals surface area contributed by atoms with Crippen LogP contribution in [0.15, 0.2) is 60.7 Å². The Labute approximate surface area is 180 Å². The number of phenols is 1. The maximum absolute atomic E-state index is 13.8. The molecule has 3 aromatic rings. The fraction of sp³-hybridized carbons (Fsp3) is 0.240. The van der Waals surface area contributed by atoms with E-state index in [1.807, 2.05) is 31.2 Å². The number of hydrogen-bond donors (Lipinski definition) is 1. The van der Waals surface area contributed by atoms with E-state index in [-0.39, 0.29) is 17.5 Å². The van der Waals surface area contributed by atoms with Gasteiger partial charge in [0.2, 0.25) is 5.91 Å². The first-order valence-electron chi connectivity index (χ1n) is 10.0. The molecule has 5 heteroatoms. The Balaban J connectivity index is 1.69. The second-order valence-corrected chi connectivity index (χ2v) is 8.15. The third-order valence-corrected chi connectivity index (χ3v) is 6.04. The smallest absolute Gasteiger partial charge is 0.223 e. The minimum absolute atomic E-state index is 0.00222. The van der Waals surface area contributed by atoms with Crippen LogP contribution >= 0.6 is 11.6 Å². The highest BCUT2D eigenvalue weighted by Gasteiger charge is 2.33. The van der Waals surface area contributed by atoms with Crippen LogP contribution in [0.25, 0.3) is 0 Å². The molecule has 0 fully saturated rings. The molecule has 1 unspecified atom stereocenters. The zero-order chi connectivity index (χ0) is 21.3. The van der Waals surface area contributed by atoms with Crippen LogP contribution in [0.1, 0.15) is 40.3 Å². The van der Waals surface area contributed by atoms with Gasteiger partial charge in [-0.15, -0.1) is 0 Å². The fourth-order valence-corrected chi connectivity index (χ4v) is 4.40. The van der Waals surface area contributed by atoms with Gasteiger partial charge in [0.25, 0.3) is 0 Å². The van der Waals surface area contributed by atoms with Crippen molar-refractivity contribution >= 4 is 17.5 Å². The highest BCUT2D eigenvalue weighted by atomic mass is 35.5. The minimum Gasteiger partial charge on any atom is -0.508 e. The van der Waals surface area contributed by atoms with Crippen LogP contribution in [0, 0.1) is 12.7 Å². The molecule has 0 bridgehead atoms. The third-order valence-electron chi connectivity index (χ3n) is 5.81. The van der Waals surface area contributed by atoms with Gasteiger partial charge in [-0.05, 0) is 72.4 Å². The summed E-state index contributed by atoms with van der Waals surface area (Å²) in [6.45, 7) is 2.50. The zero-order valence-corrected chi connectivity index (χ0v) is 17.5. The van der Waals surface area contributed by atoms with Gasteiger partial charge in [-0.1, -0.05) is 41.9 Å². The van der Waals surface area contributed by atoms with Gasteiger partial charge < -0.3 is 10.0 Å². The molecule has 1 aliphatic rings. The van der Waals surface area contributed by atoms with Gasteiger partial charge in [-0.3, -0.25) is 4.79 Å². The van der Waals surface area contributed by atoms with Crippen molar-refractivity contribution < 1.29 is 14.3 Å². The summed E-state index contributed by atoms with van der Waals surface area (Å²) in [4.78, 5) is 15.1. The van der Waals surface area contributed by atoms with Gasteiger partial charge >= 0.3 is 0 Å². The molecular formula is C25H23ClFNO2. The van der Waals surface area contributed by atoms with Crippen molar-refractivity contribution in [2.24, 2.45) is 0 Å². The average Bonchev–Trinajstić information content (AvgIpc) is 2.73. The molecule has 0 saturated heterocycles. The van der Waals surface area contributed by atoms with Crippen molar-refractivity contribution in [3.8, 4) is 5.75 Å². The Bertz CT molecular complexity index is 1100. The van der Waals surface area contributed by atoms with E-state index in [2.05, 4.69) is 0 Å². The number of benzene rings is 3. The van der Waals surface area contributed by atoms with E-state index >= 15 is 0 Å². The van der Waals surface area contributed by atoms with Crippen LogP contribution in [0.4, 0.5) is 4.39 Å². The average molecular weight is 424 g/mol. The Morgan fingerprint density at radius 2 is 1.93 bits per heavy atom. The summed E-state index contributed by atoms with van der Waals surface area (Å²) >= 11 is 6.20. The van der Waals surface area contributed by atoms with E-state index in [1.165, 1.54) is 18.2 Å². The second kappa shape index (κ2) is 8.49. The molecule has 30 heavy (non-hydrogen) atoms. The molecule has 1 atom stereocenters. The first kappa shape index (κ1) is 20.4. The lowest BCUT2D eigenvalue weighted by atomic mass is 9.87. The van der Waals surface area contributed by atoms with Gasteiger partial charge in [0.05, 0.1) is 6.04 Å². The Kier molecular flexibility index (Phi) is 5.78. The molecule has 0 radical (unpaired) electrons. The first-order valence-corrected chi connectivity index (χ1v) is 10.4. The normalized spacial score (nSPS) is 15.7. The van der Waals surface area contributed by atoms with Crippen molar-refractivity contribution in [1.29, 1.82) is 0 Å². The van der Waals surface area contributed by atoms with Gasteiger partial charge in [-0.2, -0.15) is 0 Å². The largest absolute Gasteiger partial charge is 0.508 e. The van der Waals surface area contributed by atoms with Crippen LogP contribution in [0.3, 0.4) is 0 Å². The fourth-order valence-electron chi connectivity index (χ4n) is 4.22. The summed E-state index contributed by atoms with van der Waals surface area (Å²) in [6, 6.07) is 17.0. The number of aryl methyl sites for hydroxylation is 2. The standard InChI is InChI=1S/C25H23ClFNO2/c1-16-4-2-3-5-17(16)6-11-24(30)28-13-12-18-14-20(27)8-9-21(18)25(28)22-15-19(26)7-10-23(22)29/h2-5,7-10,14-15,25,29H,6,11-13H2,1H3. The van der Waals surface area contributed by atoms with Gasteiger partial charge in [0.1, 0.15) is 11.6 Å². The summed E-state index contributed by atoms with van der Waals surface area (Å²) < 4.78 is 13.8. The number of carbonyl (C=O) groups is 1. The lowest BCUT2D eigenvalue weighted by molar-refractivity contribution is -0.133. The number of fused-ring (bicyclic) bond motifs is 1. The molecule has 1 aliphatic heterocycles. The maximum Gasteiger partial charge on any atom is 0.223 e. The molecule has 4 rings (SSSR count). The zero-order valence-electron chi connectivity index (χ0n) is 16.7. The molecule has 1 amide bonds. The number of aromatic hydroxyl groups is 1. The predicted octanol–water partition coefficient (Wildman–Crippen LogP) is 5.60. The Hall–Kier alpha value is -2.85. The molecule has 0 aliphatic carbocycles. The van der Waals surface area contributed by atoms with Gasteiger partial charge in [0.15, 0.2) is 0 Å². The minimum atomic E-state index is -0.502. The predicted molar refractivity (Wildman–Crippen MR) is 116 cm³/mol. The molecule has 0 spiro atoms. The number of phenolic OH excluding ortho intramolecular Hbond substituents is 1. The summed E-state index contributed by atoms with van der Waals surface area (Å²) in [7, 11) is 0. The van der Waals surface area contributed by atoms with Crippen molar-refractivity contribution in [2.75, 3.05) is 6.54 Å². The van der Waals surface area contributed by atoms with Crippen molar-refractivity contribution in [2.45, 2.75) is 32.2 Å². The molecule has 3 nitrogen and oxygen atoms in total. The molecule has 0 saturated carbocycles. The van der Waals surface area contributed by atoms with E-state index < -0.39 is 6.04 Å². The maximum atomic E-state index is 13.8. The lowest BCUT2D eigenvalue weighted by Gasteiger charge is -2.38. The van der Waals surface area contributed by atoms with E-state index in [0.717, 1.165) is 22.3 Å². The topological polar surface area (TPSA) is 40.5 Å². The number of hydrogen-bond acceptors (Lipinski definition) is 2. The van der Waals surface area contributed by atoms with Gasteiger partial charge in [0, 0.05) is 23.6 Å². The van der Waals surface area contributed by atoms with E-state index in [4.69, 9.17) is 11.6 Å². The highest BCUT2D eigenvalue weighted by molar-refractivity contribution is 6.30. The number of halogens is 2. The molecule has 1 heterocycles. The van der Waals surface area contributed by atoms with E-state index in [1.54, 1.807) is 23.1 Å². The first-order chi connectivity index (χ1) is 14.4. The number of carbonyl (C=O) groups excluding carboxylic acids is 1. The summed E-state index contributed by atoms with van der Waals surface area (Å²) in [5.74, 6) is -0.238. The lowest BCUT2D eigenvalue weighted by Crippen LogP contribution is -2.40. The van der Waals surface area contributed by atoms with Crippen LogP contribution in [0.5, 0.6) is 5.75 Å². The number of amides is 1. The highest BCUT2D eigenvalue weighted by Crippen LogP contribution is 2.40. The quantitative estimate of drug-likeness (QED) is 0.593. The molecule has 3 aromatic carbocycles. The SMILES string of the molecule is Cc1ccccc1CCC(=O)N1CCc2cc(F)ccc2C1c1cc(Cl)ccc1O. The third kappa shape index (κ3) is 4.05. The van der Waals surface area contributed by atoms with Crippen LogP contribution in [-0.2, 0) is 17.6 Å². The number of rotatable bonds is 4. The van der Waals surface area contributed by atoms with Crippen LogP contribution < -0.4 is 0 Å². The number of nitrogens with zero attached hydrogens (tertiary/aromatic N) is 1. The monoisotopic (exact) mass is 423 g/mol. The van der Waals surface area contributed by atoms with Crippen molar-refractivity contribution in [3.63, 3.8) is 0 Å². The van der Waals surface area contributed by atoms with E-state index in [9.17, 15) is 14.3 Å². The summed E-state index contributed by atoms with van der Waals surface area (Å²) in [6.07, 6.45) is 1.58. The molecular weight excluding hydrogens is 401 g/mol. The van der Waals surface area contributed by atoms with Gasteiger partial charge in [-0.25, -0.2) is 4.39 Å². The summed E-state index contributed by atoms with van der Waals surface area (Å²) in [5, 5.41) is 11.0. The van der Waals surface area contributed by atoms with Crippen LogP contribution in [0.2, 0.25) is 5.02 Å². The Morgan fingerprint density at radius 1 is 1.13 bits per heavy atom. The van der Waals surface area contributed by atoms with Crippen LogP contribution in [-0.4, -0.2) is 22.5 Å². The molecule has 0 aromatic heterocycles. The second-order valence-electron chi connectivity index (χ2n) is 7.71. The van der Waals surface area contributed by atoms with Crippen molar-refractivity contribution in [3.05, 3.63) is 99.3 Å². The van der Waals surface area contributed by atoms with Crippen molar-refractivity contribution in [1.82, 2.24) is 4.90 Å². The Morgan fingerprint density at radius 3 is 2.73 bits per heavy atom. The molecule has 154 valence electrons. The molecule has 1 N–H and O–H groups in total. The summed E-state index contributed by atoms with van der Waals surface area (Å²) in [5.41, 5.74) is 4.53.